The summed E-state index contributed by atoms with van der Waals surface area (Å²) in [6, 6.07) is 15.4. The molecule has 0 unspecified atom stereocenters. The Balaban J connectivity index is 1.94. The summed E-state index contributed by atoms with van der Waals surface area (Å²) in [7, 11) is 0. The molecule has 0 aromatic heterocycles. The van der Waals surface area contributed by atoms with Crippen molar-refractivity contribution in [3.63, 3.8) is 0 Å². The molecule has 0 spiro atoms. The number of para-hydroxylation sites is 1. The molecule has 0 atom stereocenters. The van der Waals surface area contributed by atoms with Gasteiger partial charge in [-0.05, 0) is 36.4 Å². The Morgan fingerprint density at radius 2 is 1.39 bits per heavy atom. The molecule has 0 bridgehead atoms. The highest BCUT2D eigenvalue weighted by atomic mass is 16.5. The van der Waals surface area contributed by atoms with E-state index in [0.717, 1.165) is 0 Å². The summed E-state index contributed by atoms with van der Waals surface area (Å²) in [5.74, 6) is -0.633. The molecule has 2 amide bonds. The first-order valence-corrected chi connectivity index (χ1v) is 7.05. The fraction of sp³-hybridized carbons (Fsp3) is 0.118. The van der Waals surface area contributed by atoms with Gasteiger partial charge in [0.2, 0.25) is 0 Å². The van der Waals surface area contributed by atoms with Crippen LogP contribution >= 0.6 is 0 Å². The summed E-state index contributed by atoms with van der Waals surface area (Å²) in [6.07, 6.45) is -0.180. The van der Waals surface area contributed by atoms with E-state index in [-0.39, 0.29) is 18.2 Å². The third kappa shape index (κ3) is 2.91. The van der Waals surface area contributed by atoms with E-state index in [1.165, 1.54) is 16.9 Å². The van der Waals surface area contributed by atoms with Crippen molar-refractivity contribution < 1.29 is 19.1 Å². The first-order chi connectivity index (χ1) is 11.1. The SMILES string of the molecule is CC(=O)Oc1ccc(N2C(=O)CC(=O)N2c2ccccc2)cc1. The summed E-state index contributed by atoms with van der Waals surface area (Å²) in [6.45, 7) is 1.31. The lowest BCUT2D eigenvalue weighted by Gasteiger charge is -2.27. The summed E-state index contributed by atoms with van der Waals surface area (Å²) in [5.41, 5.74) is 1.15. The van der Waals surface area contributed by atoms with Gasteiger partial charge in [0.15, 0.2) is 0 Å². The zero-order valence-corrected chi connectivity index (χ0v) is 12.4. The van der Waals surface area contributed by atoms with Crippen LogP contribution in [0, 0.1) is 0 Å². The summed E-state index contributed by atoms with van der Waals surface area (Å²) in [4.78, 5) is 35.3. The Labute approximate surface area is 132 Å². The van der Waals surface area contributed by atoms with Gasteiger partial charge in [0.1, 0.15) is 12.2 Å². The first-order valence-electron chi connectivity index (χ1n) is 7.05. The lowest BCUT2D eigenvalue weighted by molar-refractivity contribution is -0.132. The van der Waals surface area contributed by atoms with Crippen LogP contribution in [0.4, 0.5) is 11.4 Å². The van der Waals surface area contributed by atoms with Crippen molar-refractivity contribution in [1.29, 1.82) is 0 Å². The highest BCUT2D eigenvalue weighted by Crippen LogP contribution is 2.30. The van der Waals surface area contributed by atoms with Crippen LogP contribution in [0.5, 0.6) is 5.75 Å². The topological polar surface area (TPSA) is 66.9 Å². The van der Waals surface area contributed by atoms with Gasteiger partial charge in [-0.25, -0.2) is 10.0 Å². The fourth-order valence-corrected chi connectivity index (χ4v) is 2.41. The molecule has 2 aromatic rings. The maximum atomic E-state index is 12.2. The van der Waals surface area contributed by atoms with E-state index in [4.69, 9.17) is 4.74 Å². The van der Waals surface area contributed by atoms with Crippen molar-refractivity contribution in [3.05, 3.63) is 54.6 Å². The van der Waals surface area contributed by atoms with E-state index in [2.05, 4.69) is 0 Å². The average Bonchev–Trinajstić information content (AvgIpc) is 2.83. The minimum Gasteiger partial charge on any atom is -0.427 e. The molecule has 1 aliphatic rings. The monoisotopic (exact) mass is 310 g/mol. The largest absolute Gasteiger partial charge is 0.427 e. The van der Waals surface area contributed by atoms with E-state index < -0.39 is 5.97 Å². The van der Waals surface area contributed by atoms with Crippen molar-refractivity contribution >= 4 is 29.2 Å². The number of nitrogens with zero attached hydrogens (tertiary/aromatic N) is 2. The van der Waals surface area contributed by atoms with Crippen LogP contribution in [0.25, 0.3) is 0 Å². The number of hydrazine groups is 1. The minimum absolute atomic E-state index is 0.180. The molecule has 1 aliphatic heterocycles. The van der Waals surface area contributed by atoms with Gasteiger partial charge < -0.3 is 4.74 Å². The van der Waals surface area contributed by atoms with Crippen LogP contribution in [-0.2, 0) is 14.4 Å². The summed E-state index contributed by atoms with van der Waals surface area (Å²) in [5, 5.41) is 2.68. The molecule has 0 saturated carbocycles. The van der Waals surface area contributed by atoms with Crippen LogP contribution in [0.1, 0.15) is 13.3 Å². The Morgan fingerprint density at radius 1 is 0.870 bits per heavy atom. The number of esters is 1. The highest BCUT2D eigenvalue weighted by Gasteiger charge is 2.37. The van der Waals surface area contributed by atoms with E-state index in [1.54, 1.807) is 48.5 Å². The standard InChI is InChI=1S/C17H14N2O4/c1-12(20)23-15-9-7-14(8-10-15)19-17(22)11-16(21)18(19)13-5-3-2-4-6-13/h2-10H,11H2,1H3. The van der Waals surface area contributed by atoms with E-state index in [0.29, 0.717) is 17.1 Å². The summed E-state index contributed by atoms with van der Waals surface area (Å²) >= 11 is 0. The lowest BCUT2D eigenvalue weighted by atomic mass is 10.3. The lowest BCUT2D eigenvalue weighted by Crippen LogP contribution is -2.41. The Hall–Kier alpha value is -3.15. The number of hydrogen-bond acceptors (Lipinski definition) is 4. The average molecular weight is 310 g/mol. The van der Waals surface area contributed by atoms with Gasteiger partial charge in [-0.2, -0.15) is 0 Å². The number of carbonyl (C=O) groups excluding carboxylic acids is 3. The number of carbonyl (C=O) groups is 3. The van der Waals surface area contributed by atoms with E-state index >= 15 is 0 Å². The van der Waals surface area contributed by atoms with Crippen LogP contribution in [-0.4, -0.2) is 17.8 Å². The molecule has 0 N–H and O–H groups in total. The van der Waals surface area contributed by atoms with Crippen LogP contribution in [0.3, 0.4) is 0 Å². The van der Waals surface area contributed by atoms with E-state index in [9.17, 15) is 14.4 Å². The third-order valence-corrected chi connectivity index (χ3v) is 3.32. The molecule has 2 aromatic carbocycles. The minimum atomic E-state index is -0.420. The molecule has 1 saturated heterocycles. The highest BCUT2D eigenvalue weighted by molar-refractivity contribution is 6.20. The Bertz CT molecular complexity index is 756. The number of anilines is 2. The third-order valence-electron chi connectivity index (χ3n) is 3.32. The second-order valence-corrected chi connectivity index (χ2v) is 5.01. The van der Waals surface area contributed by atoms with Gasteiger partial charge in [0, 0.05) is 6.92 Å². The number of ether oxygens (including phenoxy) is 1. The number of amides is 2. The van der Waals surface area contributed by atoms with Crippen LogP contribution in [0.2, 0.25) is 0 Å². The molecule has 1 heterocycles. The molecule has 0 aliphatic carbocycles. The predicted octanol–water partition coefficient (Wildman–Crippen LogP) is 2.30. The Kier molecular flexibility index (Phi) is 3.80. The molecular formula is C17H14N2O4. The molecule has 116 valence electrons. The van der Waals surface area contributed by atoms with Gasteiger partial charge in [-0.1, -0.05) is 18.2 Å². The van der Waals surface area contributed by atoms with Crippen LogP contribution < -0.4 is 14.8 Å². The second kappa shape index (κ2) is 5.92. The molecule has 0 radical (unpaired) electrons. The molecule has 23 heavy (non-hydrogen) atoms. The van der Waals surface area contributed by atoms with Gasteiger partial charge in [0.25, 0.3) is 11.8 Å². The number of benzene rings is 2. The zero-order chi connectivity index (χ0) is 16.4. The van der Waals surface area contributed by atoms with Crippen molar-refractivity contribution in [2.75, 3.05) is 10.0 Å². The van der Waals surface area contributed by atoms with E-state index in [1.807, 2.05) is 6.07 Å². The second-order valence-electron chi connectivity index (χ2n) is 5.01. The van der Waals surface area contributed by atoms with Crippen molar-refractivity contribution in [1.82, 2.24) is 0 Å². The molecule has 3 rings (SSSR count). The quantitative estimate of drug-likeness (QED) is 0.495. The normalized spacial score (nSPS) is 14.3. The first kappa shape index (κ1) is 14.8. The molecule has 6 heteroatoms. The molecule has 6 nitrogen and oxygen atoms in total. The molecular weight excluding hydrogens is 296 g/mol. The van der Waals surface area contributed by atoms with Gasteiger partial charge in [-0.15, -0.1) is 0 Å². The number of hydrogen-bond donors (Lipinski definition) is 0. The van der Waals surface area contributed by atoms with Gasteiger partial charge >= 0.3 is 5.97 Å². The van der Waals surface area contributed by atoms with Crippen LogP contribution in [0.15, 0.2) is 54.6 Å². The Morgan fingerprint density at radius 3 is 1.91 bits per heavy atom. The zero-order valence-electron chi connectivity index (χ0n) is 12.4. The van der Waals surface area contributed by atoms with Crippen molar-refractivity contribution in [2.45, 2.75) is 13.3 Å². The van der Waals surface area contributed by atoms with Crippen molar-refractivity contribution in [3.8, 4) is 5.75 Å². The smallest absolute Gasteiger partial charge is 0.308 e. The van der Waals surface area contributed by atoms with Gasteiger partial charge in [-0.3, -0.25) is 14.4 Å². The van der Waals surface area contributed by atoms with Gasteiger partial charge in [0.05, 0.1) is 11.4 Å². The molecule has 1 fully saturated rings. The fourth-order valence-electron chi connectivity index (χ4n) is 2.41. The maximum absolute atomic E-state index is 12.2. The maximum Gasteiger partial charge on any atom is 0.308 e. The summed E-state index contributed by atoms with van der Waals surface area (Å²) < 4.78 is 4.97. The predicted molar refractivity (Wildman–Crippen MR) is 83.8 cm³/mol. The number of rotatable bonds is 3. The van der Waals surface area contributed by atoms with Crippen molar-refractivity contribution in [2.24, 2.45) is 0 Å².